The highest BCUT2D eigenvalue weighted by Gasteiger charge is 2.33. The van der Waals surface area contributed by atoms with Crippen LogP contribution >= 0.6 is 0 Å². The van der Waals surface area contributed by atoms with Crippen molar-refractivity contribution in [1.82, 2.24) is 14.8 Å². The third kappa shape index (κ3) is 4.80. The van der Waals surface area contributed by atoms with Gasteiger partial charge in [0.2, 0.25) is 5.95 Å². The molecule has 39 heavy (non-hydrogen) atoms. The van der Waals surface area contributed by atoms with E-state index in [-0.39, 0.29) is 5.91 Å². The van der Waals surface area contributed by atoms with Gasteiger partial charge in [0.25, 0.3) is 5.91 Å². The van der Waals surface area contributed by atoms with Crippen LogP contribution in [0, 0.1) is 0 Å². The van der Waals surface area contributed by atoms with E-state index in [0.29, 0.717) is 29.5 Å². The lowest BCUT2D eigenvalue weighted by Crippen LogP contribution is -2.31. The number of rotatable bonds is 7. The average molecular weight is 518 g/mol. The fraction of sp³-hybridized carbons (Fsp3) is 0.129. The molecule has 2 heterocycles. The summed E-state index contributed by atoms with van der Waals surface area (Å²) in [6.45, 7) is 2.32. The van der Waals surface area contributed by atoms with Crippen molar-refractivity contribution in [2.45, 2.75) is 19.6 Å². The van der Waals surface area contributed by atoms with Crippen molar-refractivity contribution in [3.63, 3.8) is 0 Å². The van der Waals surface area contributed by atoms with Gasteiger partial charge in [-0.15, -0.1) is 0 Å². The zero-order valence-corrected chi connectivity index (χ0v) is 21.6. The molecule has 0 aliphatic carbocycles. The molecule has 8 nitrogen and oxygen atoms in total. The second kappa shape index (κ2) is 10.3. The molecular formula is C31H27N5O3. The Morgan fingerprint density at radius 3 is 2.49 bits per heavy atom. The summed E-state index contributed by atoms with van der Waals surface area (Å²) in [4.78, 5) is 17.9. The van der Waals surface area contributed by atoms with Crippen LogP contribution in [0.2, 0.25) is 0 Å². The number of aromatic nitrogens is 3. The molecule has 4 aromatic carbocycles. The second-order valence-electron chi connectivity index (χ2n) is 9.27. The number of hydrogen-bond donors (Lipinski definition) is 2. The van der Waals surface area contributed by atoms with Crippen LogP contribution in [0.1, 0.15) is 24.1 Å². The topological polar surface area (TPSA) is 90.3 Å². The van der Waals surface area contributed by atoms with E-state index in [0.717, 1.165) is 22.6 Å². The smallest absolute Gasteiger partial charge is 0.255 e. The number of hydrogen-bond acceptors (Lipinski definition) is 6. The lowest BCUT2D eigenvalue weighted by atomic mass is 9.95. The number of methoxy groups -OCH3 is 1. The first-order valence-corrected chi connectivity index (χ1v) is 12.6. The maximum absolute atomic E-state index is 13.6. The van der Waals surface area contributed by atoms with Crippen molar-refractivity contribution in [2.75, 3.05) is 17.7 Å². The Balaban J connectivity index is 1.25. The summed E-state index contributed by atoms with van der Waals surface area (Å²) < 4.78 is 13.1. The number of benzene rings is 4. The van der Waals surface area contributed by atoms with Gasteiger partial charge < -0.3 is 20.1 Å². The summed E-state index contributed by atoms with van der Waals surface area (Å²) in [5.41, 5.74) is 3.94. The number of ether oxygens (including phenoxy) is 2. The molecule has 194 valence electrons. The van der Waals surface area contributed by atoms with Crippen LogP contribution in [0.5, 0.6) is 11.5 Å². The summed E-state index contributed by atoms with van der Waals surface area (Å²) in [5, 5.41) is 13.0. The molecule has 0 unspecified atom stereocenters. The van der Waals surface area contributed by atoms with Crippen molar-refractivity contribution in [3.05, 3.63) is 120 Å². The average Bonchev–Trinajstić information content (AvgIpc) is 3.44. The van der Waals surface area contributed by atoms with Gasteiger partial charge in [-0.1, -0.05) is 54.6 Å². The van der Waals surface area contributed by atoms with Crippen molar-refractivity contribution >= 4 is 28.3 Å². The third-order valence-corrected chi connectivity index (χ3v) is 6.86. The van der Waals surface area contributed by atoms with Gasteiger partial charge in [-0.05, 0) is 65.2 Å². The number of carbonyl (C=O) groups excluding carboxylic acids is 1. The lowest BCUT2D eigenvalue weighted by Gasteiger charge is -2.28. The van der Waals surface area contributed by atoms with E-state index < -0.39 is 6.04 Å². The molecule has 0 bridgehead atoms. The summed E-state index contributed by atoms with van der Waals surface area (Å²) in [5.74, 6) is 1.81. The molecule has 0 radical (unpaired) electrons. The van der Waals surface area contributed by atoms with Gasteiger partial charge in [0.15, 0.2) is 0 Å². The van der Waals surface area contributed by atoms with E-state index >= 15 is 0 Å². The molecule has 0 spiro atoms. The molecule has 0 saturated carbocycles. The highest BCUT2D eigenvalue weighted by Crippen LogP contribution is 2.36. The Bertz CT molecular complexity index is 1670. The molecule has 8 heteroatoms. The van der Waals surface area contributed by atoms with Gasteiger partial charge in [0, 0.05) is 11.4 Å². The minimum Gasteiger partial charge on any atom is -0.497 e. The second-order valence-corrected chi connectivity index (χ2v) is 9.27. The van der Waals surface area contributed by atoms with Gasteiger partial charge in [-0.25, -0.2) is 4.68 Å². The Hall–Kier alpha value is -5.11. The maximum Gasteiger partial charge on any atom is 0.255 e. The van der Waals surface area contributed by atoms with Crippen LogP contribution < -0.4 is 20.1 Å². The fourth-order valence-electron chi connectivity index (χ4n) is 4.89. The predicted molar refractivity (Wildman–Crippen MR) is 151 cm³/mol. The molecule has 1 aliphatic heterocycles. The number of amides is 1. The monoisotopic (exact) mass is 517 g/mol. The van der Waals surface area contributed by atoms with Gasteiger partial charge in [-0.3, -0.25) is 4.79 Å². The number of carbonyl (C=O) groups is 1. The maximum atomic E-state index is 13.6. The quantitative estimate of drug-likeness (QED) is 0.277. The Morgan fingerprint density at radius 1 is 0.949 bits per heavy atom. The molecule has 0 fully saturated rings. The number of nitrogens with one attached hydrogen (secondary N) is 2. The first-order chi connectivity index (χ1) is 19.1. The number of allylic oxidation sites excluding steroid dienone is 1. The van der Waals surface area contributed by atoms with Gasteiger partial charge in [0.05, 0.1) is 12.7 Å². The Labute approximate surface area is 225 Å². The first-order valence-electron chi connectivity index (χ1n) is 12.6. The van der Waals surface area contributed by atoms with E-state index in [1.165, 1.54) is 17.1 Å². The molecule has 2 N–H and O–H groups in total. The number of fused-ring (bicyclic) bond motifs is 2. The van der Waals surface area contributed by atoms with Crippen molar-refractivity contribution in [2.24, 2.45) is 0 Å². The summed E-state index contributed by atoms with van der Waals surface area (Å²) in [6.07, 6.45) is 1.48. The Morgan fingerprint density at radius 2 is 1.69 bits per heavy atom. The van der Waals surface area contributed by atoms with E-state index in [2.05, 4.69) is 45.0 Å². The van der Waals surface area contributed by atoms with E-state index in [1.54, 1.807) is 36.1 Å². The van der Waals surface area contributed by atoms with Crippen LogP contribution in [0.25, 0.3) is 10.8 Å². The zero-order chi connectivity index (χ0) is 26.8. The minimum absolute atomic E-state index is 0.229. The lowest BCUT2D eigenvalue weighted by molar-refractivity contribution is -0.113. The molecule has 1 amide bonds. The molecule has 0 saturated heterocycles. The summed E-state index contributed by atoms with van der Waals surface area (Å²) in [7, 11) is 1.61. The van der Waals surface area contributed by atoms with E-state index in [1.807, 2.05) is 49.4 Å². The van der Waals surface area contributed by atoms with Crippen LogP contribution in [-0.2, 0) is 11.4 Å². The van der Waals surface area contributed by atoms with Gasteiger partial charge in [0.1, 0.15) is 30.5 Å². The molecule has 1 atom stereocenters. The molecule has 1 aliphatic rings. The number of anilines is 2. The first kappa shape index (κ1) is 24.2. The van der Waals surface area contributed by atoms with Crippen molar-refractivity contribution in [1.29, 1.82) is 0 Å². The summed E-state index contributed by atoms with van der Waals surface area (Å²) in [6, 6.07) is 29.1. The van der Waals surface area contributed by atoms with Crippen LogP contribution in [0.4, 0.5) is 11.6 Å². The largest absolute Gasteiger partial charge is 0.497 e. The van der Waals surface area contributed by atoms with Gasteiger partial charge in [-0.2, -0.15) is 10.1 Å². The number of nitrogens with zero attached hydrogens (tertiary/aromatic N) is 3. The van der Waals surface area contributed by atoms with Crippen molar-refractivity contribution in [3.8, 4) is 11.5 Å². The standard InChI is InChI=1S/C31H27N5O3/c1-20-28(30(37)35-24-12-16-25(38-2)17-13-24)29(36-31(34-20)32-19-33-36)22-10-14-26(15-11-22)39-18-23-8-5-7-21-6-3-4-9-27(21)23/h3-17,19,29H,18H2,1-2H3,(H,35,37)(H,32,33,34)/t29-/m1/s1. The SMILES string of the molecule is COc1ccc(NC(=O)C2=C(C)Nc3ncnn3[C@@H]2c2ccc(OCc3cccc4ccccc34)cc2)cc1. The highest BCUT2D eigenvalue weighted by atomic mass is 16.5. The fourth-order valence-corrected chi connectivity index (χ4v) is 4.89. The summed E-state index contributed by atoms with van der Waals surface area (Å²) >= 11 is 0. The molecular weight excluding hydrogens is 490 g/mol. The molecule has 6 rings (SSSR count). The normalized spacial score (nSPS) is 14.5. The Kier molecular flexibility index (Phi) is 6.42. The van der Waals surface area contributed by atoms with Crippen LogP contribution in [0.15, 0.2) is 109 Å². The third-order valence-electron chi connectivity index (χ3n) is 6.86. The predicted octanol–water partition coefficient (Wildman–Crippen LogP) is 5.95. The van der Waals surface area contributed by atoms with E-state index in [4.69, 9.17) is 9.47 Å². The zero-order valence-electron chi connectivity index (χ0n) is 21.6. The van der Waals surface area contributed by atoms with E-state index in [9.17, 15) is 4.79 Å². The van der Waals surface area contributed by atoms with Crippen LogP contribution in [-0.4, -0.2) is 27.8 Å². The minimum atomic E-state index is -0.464. The highest BCUT2D eigenvalue weighted by molar-refractivity contribution is 6.06. The van der Waals surface area contributed by atoms with Gasteiger partial charge >= 0.3 is 0 Å². The molecule has 5 aromatic rings. The van der Waals surface area contributed by atoms with Crippen molar-refractivity contribution < 1.29 is 14.3 Å². The molecule has 1 aromatic heterocycles. The van der Waals surface area contributed by atoms with Crippen LogP contribution in [0.3, 0.4) is 0 Å².